The molecule has 110 valence electrons. The SMILES string of the molecule is CC(C)(C)c1nc(=S)cc(-c2cc(F)cc(C(=O)O)c2)[nH]1. The van der Waals surface area contributed by atoms with Crippen LogP contribution < -0.4 is 0 Å². The Hall–Kier alpha value is -2.08. The van der Waals surface area contributed by atoms with Crippen LogP contribution in [0.15, 0.2) is 24.3 Å². The minimum atomic E-state index is -1.18. The van der Waals surface area contributed by atoms with E-state index in [1.165, 1.54) is 12.1 Å². The van der Waals surface area contributed by atoms with Crippen molar-refractivity contribution in [2.24, 2.45) is 0 Å². The summed E-state index contributed by atoms with van der Waals surface area (Å²) in [6.07, 6.45) is 0. The number of H-pyrrole nitrogens is 1. The quantitative estimate of drug-likeness (QED) is 0.825. The largest absolute Gasteiger partial charge is 0.478 e. The van der Waals surface area contributed by atoms with E-state index in [4.69, 9.17) is 17.3 Å². The average molecular weight is 306 g/mol. The Labute approximate surface area is 126 Å². The van der Waals surface area contributed by atoms with Crippen LogP contribution in [0.3, 0.4) is 0 Å². The molecule has 2 aromatic rings. The molecule has 1 aromatic carbocycles. The molecule has 1 heterocycles. The Morgan fingerprint density at radius 2 is 1.95 bits per heavy atom. The number of nitrogens with one attached hydrogen (secondary N) is 1. The predicted octanol–water partition coefficient (Wildman–Crippen LogP) is 3.94. The number of carbonyl (C=O) groups is 1. The first-order chi connectivity index (χ1) is 9.66. The second-order valence-electron chi connectivity index (χ2n) is 5.77. The Balaban J connectivity index is 2.65. The van der Waals surface area contributed by atoms with Gasteiger partial charge in [-0.15, -0.1) is 0 Å². The molecule has 0 aliphatic carbocycles. The third-order valence-electron chi connectivity index (χ3n) is 2.91. The van der Waals surface area contributed by atoms with Crippen molar-refractivity contribution in [1.29, 1.82) is 0 Å². The summed E-state index contributed by atoms with van der Waals surface area (Å²) < 4.78 is 14.0. The highest BCUT2D eigenvalue weighted by atomic mass is 32.1. The second kappa shape index (κ2) is 5.37. The van der Waals surface area contributed by atoms with E-state index in [0.29, 0.717) is 21.7 Å². The summed E-state index contributed by atoms with van der Waals surface area (Å²) in [6, 6.07) is 5.23. The van der Waals surface area contributed by atoms with Gasteiger partial charge in [-0.25, -0.2) is 14.2 Å². The van der Waals surface area contributed by atoms with Crippen molar-refractivity contribution in [1.82, 2.24) is 9.97 Å². The number of benzene rings is 1. The van der Waals surface area contributed by atoms with Crippen molar-refractivity contribution in [3.05, 3.63) is 46.1 Å². The van der Waals surface area contributed by atoms with Gasteiger partial charge >= 0.3 is 5.97 Å². The molecule has 0 bridgehead atoms. The first-order valence-corrected chi connectivity index (χ1v) is 6.74. The maximum absolute atomic E-state index is 13.6. The van der Waals surface area contributed by atoms with Gasteiger partial charge in [0.2, 0.25) is 0 Å². The summed E-state index contributed by atoms with van der Waals surface area (Å²) in [5, 5.41) is 9.01. The van der Waals surface area contributed by atoms with E-state index in [2.05, 4.69) is 9.97 Å². The number of aromatic nitrogens is 2. The zero-order valence-electron chi connectivity index (χ0n) is 11.9. The lowest BCUT2D eigenvalue weighted by molar-refractivity contribution is 0.0696. The van der Waals surface area contributed by atoms with Crippen LogP contribution in [-0.4, -0.2) is 21.0 Å². The van der Waals surface area contributed by atoms with Crippen LogP contribution >= 0.6 is 12.2 Å². The molecule has 2 N–H and O–H groups in total. The van der Waals surface area contributed by atoms with Crippen molar-refractivity contribution in [2.45, 2.75) is 26.2 Å². The average Bonchev–Trinajstić information content (AvgIpc) is 2.36. The van der Waals surface area contributed by atoms with Crippen molar-refractivity contribution in [3.8, 4) is 11.3 Å². The molecule has 21 heavy (non-hydrogen) atoms. The van der Waals surface area contributed by atoms with Gasteiger partial charge in [-0.05, 0) is 24.3 Å². The number of nitrogens with zero attached hydrogens (tertiary/aromatic N) is 1. The second-order valence-corrected chi connectivity index (χ2v) is 6.18. The van der Waals surface area contributed by atoms with E-state index >= 15 is 0 Å². The standard InChI is InChI=1S/C15H15FN2O2S/c1-15(2,3)14-17-11(7-12(21)18-14)8-4-9(13(19)20)6-10(16)5-8/h4-7H,1-3H3,(H,19,20)(H,17,18,21). The van der Waals surface area contributed by atoms with Crippen molar-refractivity contribution in [2.75, 3.05) is 0 Å². The smallest absolute Gasteiger partial charge is 0.335 e. The van der Waals surface area contributed by atoms with E-state index in [1.54, 1.807) is 6.07 Å². The third-order valence-corrected chi connectivity index (χ3v) is 3.12. The van der Waals surface area contributed by atoms with Crippen LogP contribution in [-0.2, 0) is 5.41 Å². The van der Waals surface area contributed by atoms with Crippen molar-refractivity contribution >= 4 is 18.2 Å². The van der Waals surface area contributed by atoms with Gasteiger partial charge in [0.1, 0.15) is 16.3 Å². The lowest BCUT2D eigenvalue weighted by Gasteiger charge is -2.18. The molecule has 0 amide bonds. The lowest BCUT2D eigenvalue weighted by Crippen LogP contribution is -2.16. The highest BCUT2D eigenvalue weighted by molar-refractivity contribution is 7.71. The molecule has 0 aliphatic heterocycles. The number of aromatic carboxylic acids is 1. The maximum atomic E-state index is 13.6. The first kappa shape index (κ1) is 15.3. The highest BCUT2D eigenvalue weighted by Crippen LogP contribution is 2.24. The zero-order valence-corrected chi connectivity index (χ0v) is 12.7. The minimum absolute atomic E-state index is 0.113. The van der Waals surface area contributed by atoms with E-state index in [0.717, 1.165) is 6.07 Å². The van der Waals surface area contributed by atoms with Gasteiger partial charge in [0, 0.05) is 16.7 Å². The van der Waals surface area contributed by atoms with Crippen LogP contribution in [0.1, 0.15) is 37.0 Å². The molecule has 0 unspecified atom stereocenters. The fourth-order valence-electron chi connectivity index (χ4n) is 1.84. The number of aromatic amines is 1. The van der Waals surface area contributed by atoms with Gasteiger partial charge in [0.05, 0.1) is 5.56 Å². The molecule has 0 atom stereocenters. The van der Waals surface area contributed by atoms with Crippen LogP contribution in [0.2, 0.25) is 0 Å². The van der Waals surface area contributed by atoms with E-state index in [9.17, 15) is 9.18 Å². The predicted molar refractivity (Wildman–Crippen MR) is 80.5 cm³/mol. The molecule has 0 spiro atoms. The molecular weight excluding hydrogens is 291 g/mol. The molecular formula is C15H15FN2O2S. The van der Waals surface area contributed by atoms with Crippen LogP contribution in [0.25, 0.3) is 11.3 Å². The van der Waals surface area contributed by atoms with Gasteiger partial charge in [-0.1, -0.05) is 33.0 Å². The van der Waals surface area contributed by atoms with Crippen molar-refractivity contribution < 1.29 is 14.3 Å². The molecule has 4 nitrogen and oxygen atoms in total. The molecule has 6 heteroatoms. The van der Waals surface area contributed by atoms with Crippen LogP contribution in [0.5, 0.6) is 0 Å². The Morgan fingerprint density at radius 1 is 1.29 bits per heavy atom. The molecule has 0 saturated heterocycles. The van der Waals surface area contributed by atoms with Gasteiger partial charge < -0.3 is 10.1 Å². The summed E-state index contributed by atoms with van der Waals surface area (Å²) in [5.74, 6) is -1.14. The Kier molecular flexibility index (Phi) is 3.91. The number of carboxylic acid groups (broad SMARTS) is 1. The molecule has 0 radical (unpaired) electrons. The zero-order chi connectivity index (χ0) is 15.8. The van der Waals surface area contributed by atoms with Crippen LogP contribution in [0, 0.1) is 10.5 Å². The van der Waals surface area contributed by atoms with Crippen LogP contribution in [0.4, 0.5) is 4.39 Å². The van der Waals surface area contributed by atoms with Gasteiger partial charge in [-0.2, -0.15) is 0 Å². The Morgan fingerprint density at radius 3 is 2.52 bits per heavy atom. The first-order valence-electron chi connectivity index (χ1n) is 6.33. The highest BCUT2D eigenvalue weighted by Gasteiger charge is 2.18. The monoisotopic (exact) mass is 306 g/mol. The summed E-state index contributed by atoms with van der Waals surface area (Å²) in [4.78, 5) is 18.4. The number of rotatable bonds is 2. The number of carboxylic acids is 1. The van der Waals surface area contributed by atoms with Gasteiger partial charge in [0.15, 0.2) is 0 Å². The third kappa shape index (κ3) is 3.52. The normalized spacial score (nSPS) is 11.4. The fraction of sp³-hybridized carbons (Fsp3) is 0.267. The summed E-state index contributed by atoms with van der Waals surface area (Å²) in [7, 11) is 0. The number of hydrogen-bond acceptors (Lipinski definition) is 3. The summed E-state index contributed by atoms with van der Waals surface area (Å²) in [5.41, 5.74) is 0.596. The van der Waals surface area contributed by atoms with Crippen molar-refractivity contribution in [3.63, 3.8) is 0 Å². The minimum Gasteiger partial charge on any atom is -0.478 e. The number of hydrogen-bond donors (Lipinski definition) is 2. The number of halogens is 1. The summed E-state index contributed by atoms with van der Waals surface area (Å²) in [6.45, 7) is 5.91. The molecule has 2 rings (SSSR count). The molecule has 1 aromatic heterocycles. The maximum Gasteiger partial charge on any atom is 0.335 e. The lowest BCUT2D eigenvalue weighted by atomic mass is 9.95. The van der Waals surface area contributed by atoms with E-state index < -0.39 is 11.8 Å². The molecule has 0 aliphatic rings. The Bertz CT molecular complexity index is 763. The van der Waals surface area contributed by atoms with E-state index in [1.807, 2.05) is 20.8 Å². The fourth-order valence-corrected chi connectivity index (χ4v) is 2.05. The molecule has 0 saturated carbocycles. The van der Waals surface area contributed by atoms with E-state index in [-0.39, 0.29) is 11.0 Å². The van der Waals surface area contributed by atoms with Gasteiger partial charge in [-0.3, -0.25) is 0 Å². The topological polar surface area (TPSA) is 66.0 Å². The molecule has 0 fully saturated rings. The van der Waals surface area contributed by atoms with Gasteiger partial charge in [0.25, 0.3) is 0 Å². The summed E-state index contributed by atoms with van der Waals surface area (Å²) >= 11 is 5.13.